The minimum atomic E-state index is -0.663. The lowest BCUT2D eigenvalue weighted by molar-refractivity contribution is -0.146. The Morgan fingerprint density at radius 3 is 1.39 bits per heavy atom. The number of hydrogen-bond acceptors (Lipinski definition) is 8. The van der Waals surface area contributed by atoms with Crippen LogP contribution in [0, 0.1) is 0 Å². The van der Waals surface area contributed by atoms with Gasteiger partial charge in [-0.2, -0.15) is 0 Å². The topological polar surface area (TPSA) is 157 Å². The summed E-state index contributed by atoms with van der Waals surface area (Å²) in [6, 6.07) is 0. The van der Waals surface area contributed by atoms with Crippen LogP contribution < -0.4 is 22.9 Å². The van der Waals surface area contributed by atoms with E-state index in [4.69, 9.17) is 32.4 Å². The van der Waals surface area contributed by atoms with Gasteiger partial charge in [0.15, 0.2) is 0 Å². The lowest BCUT2D eigenvalue weighted by Gasteiger charge is -2.08. The summed E-state index contributed by atoms with van der Waals surface area (Å²) in [5, 5.41) is 0. The lowest BCUT2D eigenvalue weighted by Crippen LogP contribution is -2.36. The average Bonchev–Trinajstić information content (AvgIpc) is 2.29. The molecule has 0 spiro atoms. The summed E-state index contributed by atoms with van der Waals surface area (Å²) in [4.78, 5) is 22.2. The predicted molar refractivity (Wildman–Crippen MR) is 64.7 cm³/mol. The van der Waals surface area contributed by atoms with Crippen LogP contribution >= 0.6 is 0 Å². The van der Waals surface area contributed by atoms with E-state index >= 15 is 0 Å². The van der Waals surface area contributed by atoms with E-state index in [1.807, 2.05) is 0 Å². The number of carbonyl (C=O) groups is 2. The quantitative estimate of drug-likeness (QED) is 0.213. The van der Waals surface area contributed by atoms with Gasteiger partial charge in [0.1, 0.15) is 13.2 Å². The zero-order valence-electron chi connectivity index (χ0n) is 10.3. The molecule has 0 bridgehead atoms. The number of unbranched alkanes of at least 4 members (excludes halogenated alkanes) is 1. The number of rotatable bonds is 9. The standard InChI is InChI=1S/C10H22N4O4/c11-7(12)5-17-9(15)3-1-2-4-10(16)18-6-8(13)14/h7-8H,1-6,11-14H2. The third-order valence-corrected chi connectivity index (χ3v) is 1.89. The molecule has 0 heterocycles. The van der Waals surface area contributed by atoms with Gasteiger partial charge in [-0.05, 0) is 12.8 Å². The van der Waals surface area contributed by atoms with E-state index < -0.39 is 12.3 Å². The zero-order valence-corrected chi connectivity index (χ0v) is 10.3. The smallest absolute Gasteiger partial charge is 0.305 e. The van der Waals surface area contributed by atoms with E-state index in [1.165, 1.54) is 0 Å². The molecule has 0 saturated carbocycles. The zero-order chi connectivity index (χ0) is 14.0. The van der Waals surface area contributed by atoms with E-state index in [1.54, 1.807) is 0 Å². The summed E-state index contributed by atoms with van der Waals surface area (Å²) in [5.41, 5.74) is 20.8. The molecule has 8 nitrogen and oxygen atoms in total. The summed E-state index contributed by atoms with van der Waals surface area (Å²) in [6.45, 7) is -0.00940. The normalized spacial score (nSPS) is 10.8. The van der Waals surface area contributed by atoms with Crippen molar-refractivity contribution in [1.29, 1.82) is 0 Å². The maximum Gasteiger partial charge on any atom is 0.305 e. The van der Waals surface area contributed by atoms with Gasteiger partial charge in [-0.15, -0.1) is 0 Å². The summed E-state index contributed by atoms with van der Waals surface area (Å²) in [6.07, 6.45) is 0.172. The molecule has 0 unspecified atom stereocenters. The molecule has 0 aromatic heterocycles. The highest BCUT2D eigenvalue weighted by atomic mass is 16.5. The third-order valence-electron chi connectivity index (χ3n) is 1.89. The van der Waals surface area contributed by atoms with Crippen LogP contribution in [0.2, 0.25) is 0 Å². The summed E-state index contributed by atoms with van der Waals surface area (Å²) in [7, 11) is 0. The van der Waals surface area contributed by atoms with Crippen molar-refractivity contribution < 1.29 is 19.1 Å². The van der Waals surface area contributed by atoms with Gasteiger partial charge < -0.3 is 32.4 Å². The Kier molecular flexibility index (Phi) is 9.11. The minimum Gasteiger partial charge on any atom is -0.463 e. The van der Waals surface area contributed by atoms with Gasteiger partial charge in [-0.25, -0.2) is 0 Å². The summed E-state index contributed by atoms with van der Waals surface area (Å²) in [5.74, 6) is -0.763. The molecule has 8 heteroatoms. The number of esters is 2. The molecule has 8 N–H and O–H groups in total. The molecule has 0 rings (SSSR count). The first-order valence-corrected chi connectivity index (χ1v) is 5.75. The molecule has 0 aromatic carbocycles. The molecule has 0 radical (unpaired) electrons. The SMILES string of the molecule is NC(N)COC(=O)CCCCC(=O)OCC(N)N. The number of ether oxygens (including phenoxy) is 2. The second-order valence-electron chi connectivity index (χ2n) is 3.90. The Bertz CT molecular complexity index is 232. The fourth-order valence-corrected chi connectivity index (χ4v) is 1.06. The van der Waals surface area contributed by atoms with Gasteiger partial charge in [0.2, 0.25) is 0 Å². The van der Waals surface area contributed by atoms with Crippen molar-refractivity contribution in [3.05, 3.63) is 0 Å². The Labute approximate surface area is 106 Å². The van der Waals surface area contributed by atoms with Crippen LogP contribution in [0.15, 0.2) is 0 Å². The molecule has 106 valence electrons. The first-order valence-electron chi connectivity index (χ1n) is 5.75. The van der Waals surface area contributed by atoms with Crippen molar-refractivity contribution in [2.24, 2.45) is 22.9 Å². The molecule has 18 heavy (non-hydrogen) atoms. The van der Waals surface area contributed by atoms with Crippen molar-refractivity contribution in [3.8, 4) is 0 Å². The van der Waals surface area contributed by atoms with E-state index in [0.717, 1.165) is 0 Å². The first-order chi connectivity index (χ1) is 8.41. The van der Waals surface area contributed by atoms with Gasteiger partial charge in [0, 0.05) is 12.8 Å². The Morgan fingerprint density at radius 2 is 1.11 bits per heavy atom. The molecular formula is C10H22N4O4. The highest BCUT2D eigenvalue weighted by Gasteiger charge is 2.07. The van der Waals surface area contributed by atoms with E-state index in [0.29, 0.717) is 12.8 Å². The second-order valence-corrected chi connectivity index (χ2v) is 3.90. The largest absolute Gasteiger partial charge is 0.463 e. The lowest BCUT2D eigenvalue weighted by atomic mass is 10.2. The second kappa shape index (κ2) is 9.77. The van der Waals surface area contributed by atoms with Crippen LogP contribution in [0.25, 0.3) is 0 Å². The van der Waals surface area contributed by atoms with Gasteiger partial charge in [-0.1, -0.05) is 0 Å². The molecule has 0 saturated heterocycles. The molecule has 0 aliphatic rings. The van der Waals surface area contributed by atoms with Crippen molar-refractivity contribution in [2.75, 3.05) is 13.2 Å². The maximum atomic E-state index is 11.1. The predicted octanol–water partition coefficient (Wildman–Crippen LogP) is -1.88. The van der Waals surface area contributed by atoms with E-state index in [-0.39, 0.29) is 38.0 Å². The molecule has 0 aromatic rings. The van der Waals surface area contributed by atoms with Gasteiger partial charge in [-0.3, -0.25) is 9.59 Å². The number of carbonyl (C=O) groups excluding carboxylic acids is 2. The van der Waals surface area contributed by atoms with E-state index in [9.17, 15) is 9.59 Å². The Morgan fingerprint density at radius 1 is 0.778 bits per heavy atom. The first kappa shape index (κ1) is 16.8. The van der Waals surface area contributed by atoms with Crippen molar-refractivity contribution in [3.63, 3.8) is 0 Å². The van der Waals surface area contributed by atoms with Gasteiger partial charge in [0.05, 0.1) is 12.3 Å². The van der Waals surface area contributed by atoms with Crippen molar-refractivity contribution in [2.45, 2.75) is 38.0 Å². The third kappa shape index (κ3) is 11.3. The average molecular weight is 262 g/mol. The molecule has 0 fully saturated rings. The fraction of sp³-hybridized carbons (Fsp3) is 0.800. The van der Waals surface area contributed by atoms with Crippen LogP contribution in [-0.2, 0) is 19.1 Å². The van der Waals surface area contributed by atoms with Crippen LogP contribution in [0.1, 0.15) is 25.7 Å². The van der Waals surface area contributed by atoms with Crippen LogP contribution in [0.3, 0.4) is 0 Å². The Hall–Kier alpha value is -1.22. The van der Waals surface area contributed by atoms with Crippen LogP contribution in [-0.4, -0.2) is 37.5 Å². The summed E-state index contributed by atoms with van der Waals surface area (Å²) >= 11 is 0. The maximum absolute atomic E-state index is 11.1. The molecular weight excluding hydrogens is 240 g/mol. The number of hydrogen-bond donors (Lipinski definition) is 4. The monoisotopic (exact) mass is 262 g/mol. The minimum absolute atomic E-state index is 0.00470. The van der Waals surface area contributed by atoms with Crippen LogP contribution in [0.5, 0.6) is 0 Å². The fourth-order valence-electron chi connectivity index (χ4n) is 1.06. The molecule has 0 amide bonds. The van der Waals surface area contributed by atoms with Gasteiger partial charge >= 0.3 is 11.9 Å². The summed E-state index contributed by atoms with van der Waals surface area (Å²) < 4.78 is 9.50. The highest BCUT2D eigenvalue weighted by molar-refractivity contribution is 5.70. The van der Waals surface area contributed by atoms with Gasteiger partial charge in [0.25, 0.3) is 0 Å². The number of nitrogens with two attached hydrogens (primary N) is 4. The molecule has 0 atom stereocenters. The molecule has 0 aliphatic heterocycles. The van der Waals surface area contributed by atoms with E-state index in [2.05, 4.69) is 0 Å². The van der Waals surface area contributed by atoms with Crippen LogP contribution in [0.4, 0.5) is 0 Å². The van der Waals surface area contributed by atoms with Crippen molar-refractivity contribution >= 4 is 11.9 Å². The van der Waals surface area contributed by atoms with Crippen molar-refractivity contribution in [1.82, 2.24) is 0 Å². The molecule has 0 aliphatic carbocycles. The highest BCUT2D eigenvalue weighted by Crippen LogP contribution is 2.02. The Balaban J connectivity index is 3.44.